The van der Waals surface area contributed by atoms with Crippen LogP contribution in [0.25, 0.3) is 0 Å². The molecule has 0 bridgehead atoms. The zero-order chi connectivity index (χ0) is 27.7. The summed E-state index contributed by atoms with van der Waals surface area (Å²) < 4.78 is 54.4. The minimum absolute atomic E-state index is 0.0215. The molecule has 0 radical (unpaired) electrons. The third kappa shape index (κ3) is 5.40. The Kier molecular flexibility index (Phi) is 7.68. The molecular formula is C26H27ClF3N5O4. The molecule has 1 saturated heterocycles. The number of halogens is 4. The standard InChI is InChI=1S/C26H27ClF3N5O4/c1-2-38-25(37)23-17-15-33(20-13-31-35(24(36)22(20)27)21-9-5-6-12-39-21)11-10-19(17)34(32-23)14-16-7-3-4-8-18(16)26(28,29)30/h3-4,7-8,13,21H,2,5-6,9-12,14-15H2,1H3. The second kappa shape index (κ2) is 11.0. The lowest BCUT2D eigenvalue weighted by Crippen LogP contribution is -2.36. The third-order valence-corrected chi connectivity index (χ3v) is 7.30. The molecule has 0 saturated carbocycles. The second-order valence-corrected chi connectivity index (χ2v) is 9.77. The molecule has 9 nitrogen and oxygen atoms in total. The SMILES string of the molecule is CCOC(=O)c1nn(Cc2ccccc2C(F)(F)F)c2c1CN(c1cnn(C3CCCCO3)c(=O)c1Cl)CC2. The van der Waals surface area contributed by atoms with Crippen LogP contribution in [0.15, 0.2) is 35.3 Å². The molecule has 0 aliphatic carbocycles. The molecule has 2 aliphatic heterocycles. The van der Waals surface area contributed by atoms with Gasteiger partial charge in [-0.05, 0) is 37.8 Å². The van der Waals surface area contributed by atoms with Crippen LogP contribution in [0.3, 0.4) is 0 Å². The van der Waals surface area contributed by atoms with Crippen molar-refractivity contribution >= 4 is 23.3 Å². The van der Waals surface area contributed by atoms with Gasteiger partial charge in [0.05, 0.1) is 30.6 Å². The monoisotopic (exact) mass is 565 g/mol. The van der Waals surface area contributed by atoms with Crippen molar-refractivity contribution in [2.75, 3.05) is 24.7 Å². The van der Waals surface area contributed by atoms with Gasteiger partial charge in [-0.1, -0.05) is 29.8 Å². The van der Waals surface area contributed by atoms with E-state index in [0.29, 0.717) is 42.9 Å². The number of esters is 1. The normalized spacial score (nSPS) is 17.7. The van der Waals surface area contributed by atoms with Crippen molar-refractivity contribution in [1.29, 1.82) is 0 Å². The number of carbonyl (C=O) groups is 1. The average molecular weight is 566 g/mol. The Bertz CT molecular complexity index is 1430. The first-order chi connectivity index (χ1) is 18.7. The highest BCUT2D eigenvalue weighted by atomic mass is 35.5. The van der Waals surface area contributed by atoms with Crippen molar-refractivity contribution in [3.63, 3.8) is 0 Å². The third-order valence-electron chi connectivity index (χ3n) is 6.94. The summed E-state index contributed by atoms with van der Waals surface area (Å²) in [4.78, 5) is 27.6. The maximum Gasteiger partial charge on any atom is 0.416 e. The average Bonchev–Trinajstić information content (AvgIpc) is 3.28. The van der Waals surface area contributed by atoms with Gasteiger partial charge in [0.25, 0.3) is 5.56 Å². The Morgan fingerprint density at radius 2 is 2.05 bits per heavy atom. The maximum atomic E-state index is 13.6. The van der Waals surface area contributed by atoms with Crippen molar-refractivity contribution in [2.45, 2.75) is 58.1 Å². The highest BCUT2D eigenvalue weighted by Gasteiger charge is 2.35. The quantitative estimate of drug-likeness (QED) is 0.403. The largest absolute Gasteiger partial charge is 0.461 e. The number of hydrogen-bond donors (Lipinski definition) is 0. The molecular weight excluding hydrogens is 539 g/mol. The Labute approximate surface area is 227 Å². The lowest BCUT2D eigenvalue weighted by Gasteiger charge is -2.30. The van der Waals surface area contributed by atoms with Crippen molar-refractivity contribution in [3.8, 4) is 0 Å². The van der Waals surface area contributed by atoms with E-state index in [-0.39, 0.29) is 36.0 Å². The summed E-state index contributed by atoms with van der Waals surface area (Å²) >= 11 is 6.51. The van der Waals surface area contributed by atoms with E-state index in [0.717, 1.165) is 18.9 Å². The molecule has 2 aliphatic rings. The Balaban J connectivity index is 1.48. The second-order valence-electron chi connectivity index (χ2n) is 9.39. The van der Waals surface area contributed by atoms with E-state index in [2.05, 4.69) is 10.2 Å². The molecule has 0 N–H and O–H groups in total. The van der Waals surface area contributed by atoms with Crippen LogP contribution in [-0.2, 0) is 35.2 Å². The van der Waals surface area contributed by atoms with E-state index in [1.165, 1.54) is 33.8 Å². The maximum absolute atomic E-state index is 13.6. The fourth-order valence-corrected chi connectivity index (χ4v) is 5.32. The molecule has 3 aromatic rings. The van der Waals surface area contributed by atoms with Crippen LogP contribution in [-0.4, -0.2) is 45.3 Å². The number of alkyl halides is 3. The predicted molar refractivity (Wildman–Crippen MR) is 136 cm³/mol. The number of nitrogens with zero attached hydrogens (tertiary/aromatic N) is 5. The van der Waals surface area contributed by atoms with E-state index < -0.39 is 29.5 Å². The molecule has 2 aromatic heterocycles. The lowest BCUT2D eigenvalue weighted by atomic mass is 10.0. The van der Waals surface area contributed by atoms with Crippen molar-refractivity contribution in [1.82, 2.24) is 19.6 Å². The van der Waals surface area contributed by atoms with Crippen LogP contribution < -0.4 is 10.5 Å². The minimum Gasteiger partial charge on any atom is -0.461 e. The van der Waals surface area contributed by atoms with Gasteiger partial charge in [0.15, 0.2) is 11.9 Å². The van der Waals surface area contributed by atoms with Crippen molar-refractivity contribution in [3.05, 3.63) is 73.9 Å². The zero-order valence-corrected chi connectivity index (χ0v) is 22.0. The number of benzene rings is 1. The van der Waals surface area contributed by atoms with Gasteiger partial charge in [0.2, 0.25) is 0 Å². The highest BCUT2D eigenvalue weighted by Crippen LogP contribution is 2.34. The highest BCUT2D eigenvalue weighted by molar-refractivity contribution is 6.33. The first-order valence-corrected chi connectivity index (χ1v) is 13.1. The van der Waals surface area contributed by atoms with Crippen LogP contribution in [0.2, 0.25) is 5.02 Å². The molecule has 1 fully saturated rings. The molecule has 208 valence electrons. The molecule has 1 atom stereocenters. The van der Waals surface area contributed by atoms with Crippen molar-refractivity contribution < 1.29 is 27.4 Å². The molecule has 39 heavy (non-hydrogen) atoms. The summed E-state index contributed by atoms with van der Waals surface area (Å²) in [7, 11) is 0. The molecule has 1 aromatic carbocycles. The van der Waals surface area contributed by atoms with Gasteiger partial charge in [-0.25, -0.2) is 4.79 Å². The van der Waals surface area contributed by atoms with Crippen LogP contribution >= 0.6 is 11.6 Å². The van der Waals surface area contributed by atoms with Gasteiger partial charge in [0, 0.05) is 37.4 Å². The number of anilines is 1. The summed E-state index contributed by atoms with van der Waals surface area (Å²) in [6, 6.07) is 5.28. The summed E-state index contributed by atoms with van der Waals surface area (Å²) in [5, 5.41) is 8.68. The van der Waals surface area contributed by atoms with E-state index in [9.17, 15) is 22.8 Å². The topological polar surface area (TPSA) is 91.5 Å². The van der Waals surface area contributed by atoms with Gasteiger partial charge in [-0.2, -0.15) is 28.1 Å². The smallest absolute Gasteiger partial charge is 0.416 e. The summed E-state index contributed by atoms with van der Waals surface area (Å²) in [6.45, 7) is 2.67. The number of rotatable bonds is 6. The first kappa shape index (κ1) is 27.2. The number of ether oxygens (including phenoxy) is 2. The lowest BCUT2D eigenvalue weighted by molar-refractivity contribution is -0.138. The van der Waals surface area contributed by atoms with Crippen LogP contribution in [0.4, 0.5) is 18.9 Å². The Hall–Kier alpha value is -3.38. The molecule has 0 amide bonds. The van der Waals surface area contributed by atoms with Gasteiger partial charge >= 0.3 is 12.1 Å². The first-order valence-electron chi connectivity index (χ1n) is 12.7. The fraction of sp³-hybridized carbons (Fsp3) is 0.462. The molecule has 13 heteroatoms. The van der Waals surface area contributed by atoms with E-state index >= 15 is 0 Å². The summed E-state index contributed by atoms with van der Waals surface area (Å²) in [5.74, 6) is -0.674. The molecule has 5 rings (SSSR count). The van der Waals surface area contributed by atoms with Crippen LogP contribution in [0.1, 0.15) is 65.3 Å². The van der Waals surface area contributed by atoms with Crippen LogP contribution in [0.5, 0.6) is 0 Å². The van der Waals surface area contributed by atoms with Crippen LogP contribution in [0, 0.1) is 0 Å². The number of aromatic nitrogens is 4. The molecule has 1 unspecified atom stereocenters. The summed E-state index contributed by atoms with van der Waals surface area (Å²) in [6.07, 6.45) is -0.653. The molecule has 0 spiro atoms. The van der Waals surface area contributed by atoms with Gasteiger partial charge in [0.1, 0.15) is 5.02 Å². The predicted octanol–water partition coefficient (Wildman–Crippen LogP) is 4.60. The van der Waals surface area contributed by atoms with Gasteiger partial charge < -0.3 is 14.4 Å². The number of fused-ring (bicyclic) bond motifs is 1. The van der Waals surface area contributed by atoms with Gasteiger partial charge in [-0.15, -0.1) is 0 Å². The van der Waals surface area contributed by atoms with E-state index in [4.69, 9.17) is 21.1 Å². The summed E-state index contributed by atoms with van der Waals surface area (Å²) in [5.41, 5.74) is 0.355. The fourth-order valence-electron chi connectivity index (χ4n) is 5.07. The van der Waals surface area contributed by atoms with E-state index in [1.807, 2.05) is 4.90 Å². The number of hydrogen-bond acceptors (Lipinski definition) is 7. The Morgan fingerprint density at radius 1 is 1.26 bits per heavy atom. The molecule has 4 heterocycles. The van der Waals surface area contributed by atoms with Crippen molar-refractivity contribution in [2.24, 2.45) is 0 Å². The number of carbonyl (C=O) groups excluding carboxylic acids is 1. The van der Waals surface area contributed by atoms with Gasteiger partial charge in [-0.3, -0.25) is 9.48 Å². The zero-order valence-electron chi connectivity index (χ0n) is 21.2. The minimum atomic E-state index is -4.53. The van der Waals surface area contributed by atoms with E-state index in [1.54, 1.807) is 6.92 Å². The Morgan fingerprint density at radius 3 is 2.77 bits per heavy atom.